The summed E-state index contributed by atoms with van der Waals surface area (Å²) in [4.78, 5) is 0. The minimum Gasteiger partial charge on any atom is -0.489 e. The van der Waals surface area contributed by atoms with Gasteiger partial charge < -0.3 is 15.0 Å². The van der Waals surface area contributed by atoms with Crippen LogP contribution in [-0.2, 0) is 6.42 Å². The molecule has 2 aromatic rings. The van der Waals surface area contributed by atoms with E-state index in [4.69, 9.17) is 15.0 Å². The molecular weight excluding hydrogens is 284 g/mol. The van der Waals surface area contributed by atoms with Gasteiger partial charge in [0, 0.05) is 17.0 Å². The van der Waals surface area contributed by atoms with Crippen LogP contribution in [0.3, 0.4) is 0 Å². The fourth-order valence-electron chi connectivity index (χ4n) is 2.09. The van der Waals surface area contributed by atoms with Crippen LogP contribution in [0.5, 0.6) is 5.75 Å². The van der Waals surface area contributed by atoms with E-state index in [1.54, 1.807) is 6.07 Å². The molecule has 1 aromatic carbocycles. The van der Waals surface area contributed by atoms with Crippen molar-refractivity contribution in [2.75, 3.05) is 5.73 Å². The minimum absolute atomic E-state index is 0.193. The number of aromatic nitrogens is 1. The zero-order chi connectivity index (χ0) is 12.0. The highest BCUT2D eigenvalue weighted by atomic mass is 79.9. The third-order valence-corrected chi connectivity index (χ3v) is 3.21. The topological polar surface area (TPSA) is 61.3 Å². The highest BCUT2D eigenvalue weighted by Gasteiger charge is 2.25. The lowest BCUT2D eigenvalue weighted by Crippen LogP contribution is -2.05. The molecule has 5 heteroatoms. The van der Waals surface area contributed by atoms with Crippen molar-refractivity contribution >= 4 is 21.7 Å². The summed E-state index contributed by atoms with van der Waals surface area (Å²) in [7, 11) is 0. The normalized spacial score (nSPS) is 17.9. The van der Waals surface area contributed by atoms with Crippen molar-refractivity contribution < 1.29 is 9.26 Å². The summed E-state index contributed by atoms with van der Waals surface area (Å²) < 4.78 is 12.0. The molecule has 0 spiro atoms. The van der Waals surface area contributed by atoms with Gasteiger partial charge in [-0.25, -0.2) is 0 Å². The van der Waals surface area contributed by atoms with E-state index in [-0.39, 0.29) is 6.10 Å². The summed E-state index contributed by atoms with van der Waals surface area (Å²) in [6.45, 7) is 2.05. The zero-order valence-electron chi connectivity index (χ0n) is 9.24. The number of hydrogen-bond donors (Lipinski definition) is 1. The summed E-state index contributed by atoms with van der Waals surface area (Å²) >= 11 is 3.49. The van der Waals surface area contributed by atoms with E-state index in [2.05, 4.69) is 27.2 Å². The van der Waals surface area contributed by atoms with Gasteiger partial charge in [-0.3, -0.25) is 0 Å². The second-order valence-corrected chi connectivity index (χ2v) is 5.11. The molecule has 0 fully saturated rings. The Hall–Kier alpha value is -1.49. The highest BCUT2D eigenvalue weighted by Crippen LogP contribution is 2.41. The minimum atomic E-state index is 0.193. The van der Waals surface area contributed by atoms with Gasteiger partial charge in [0.1, 0.15) is 11.9 Å². The predicted molar refractivity (Wildman–Crippen MR) is 67.8 cm³/mol. The molecule has 0 amide bonds. The fraction of sp³-hybridized carbons (Fsp3) is 0.250. The van der Waals surface area contributed by atoms with Crippen LogP contribution in [0.15, 0.2) is 27.2 Å². The van der Waals surface area contributed by atoms with E-state index < -0.39 is 0 Å². The van der Waals surface area contributed by atoms with Gasteiger partial charge in [0.25, 0.3) is 0 Å². The predicted octanol–water partition coefficient (Wildman–Crippen LogP) is 3.01. The first-order valence-corrected chi connectivity index (χ1v) is 6.14. The Bertz CT molecular complexity index is 580. The SMILES string of the molecule is CC1Cc2cc(Br)cc(-c3cc(N)no3)c2O1. The van der Waals surface area contributed by atoms with Crippen LogP contribution in [0.4, 0.5) is 5.82 Å². The van der Waals surface area contributed by atoms with E-state index in [1.165, 1.54) is 5.56 Å². The largest absolute Gasteiger partial charge is 0.489 e. The molecule has 0 aliphatic carbocycles. The number of halogens is 1. The average Bonchev–Trinajstić information content (AvgIpc) is 2.82. The standard InChI is InChI=1S/C12H11BrN2O2/c1-6-2-7-3-8(13)4-9(12(7)16-6)10-5-11(14)15-17-10/h3-6H,2H2,1H3,(H2,14,15). The first-order valence-electron chi connectivity index (χ1n) is 5.35. The molecule has 4 nitrogen and oxygen atoms in total. The van der Waals surface area contributed by atoms with Crippen molar-refractivity contribution in [3.05, 3.63) is 28.2 Å². The summed E-state index contributed by atoms with van der Waals surface area (Å²) in [5.74, 6) is 1.88. The lowest BCUT2D eigenvalue weighted by molar-refractivity contribution is 0.255. The number of nitrogens with two attached hydrogens (primary N) is 1. The third-order valence-electron chi connectivity index (χ3n) is 2.75. The monoisotopic (exact) mass is 294 g/mol. The van der Waals surface area contributed by atoms with E-state index >= 15 is 0 Å². The lowest BCUT2D eigenvalue weighted by Gasteiger charge is -2.07. The molecule has 0 saturated carbocycles. The first kappa shape index (κ1) is 10.7. The Morgan fingerprint density at radius 3 is 2.94 bits per heavy atom. The summed E-state index contributed by atoms with van der Waals surface area (Å²) in [5, 5.41) is 3.70. The van der Waals surface area contributed by atoms with Gasteiger partial charge in [0.05, 0.1) is 5.56 Å². The second-order valence-electron chi connectivity index (χ2n) is 4.19. The molecular formula is C12H11BrN2O2. The molecule has 1 aliphatic rings. The smallest absolute Gasteiger partial charge is 0.172 e. The van der Waals surface area contributed by atoms with Crippen LogP contribution in [0, 0.1) is 0 Å². The van der Waals surface area contributed by atoms with E-state index in [0.717, 1.165) is 22.2 Å². The maximum atomic E-state index is 5.81. The zero-order valence-corrected chi connectivity index (χ0v) is 10.8. The second kappa shape index (κ2) is 3.77. The fourth-order valence-corrected chi connectivity index (χ4v) is 2.60. The Kier molecular flexibility index (Phi) is 2.36. The van der Waals surface area contributed by atoms with E-state index in [0.29, 0.717) is 11.6 Å². The molecule has 2 N–H and O–H groups in total. The van der Waals surface area contributed by atoms with Crippen molar-refractivity contribution in [2.45, 2.75) is 19.4 Å². The molecule has 88 valence electrons. The van der Waals surface area contributed by atoms with Crippen LogP contribution < -0.4 is 10.5 Å². The molecule has 0 bridgehead atoms. The number of rotatable bonds is 1. The number of anilines is 1. The van der Waals surface area contributed by atoms with Crippen LogP contribution in [0.2, 0.25) is 0 Å². The molecule has 1 aromatic heterocycles. The number of nitrogens with zero attached hydrogens (tertiary/aromatic N) is 1. The molecule has 1 aliphatic heterocycles. The number of hydrogen-bond acceptors (Lipinski definition) is 4. The molecule has 17 heavy (non-hydrogen) atoms. The average molecular weight is 295 g/mol. The van der Waals surface area contributed by atoms with Crippen LogP contribution in [-0.4, -0.2) is 11.3 Å². The Balaban J connectivity index is 2.17. The number of benzene rings is 1. The maximum absolute atomic E-state index is 5.81. The Morgan fingerprint density at radius 1 is 1.41 bits per heavy atom. The van der Waals surface area contributed by atoms with Gasteiger partial charge in [-0.05, 0) is 24.6 Å². The Morgan fingerprint density at radius 2 is 2.24 bits per heavy atom. The highest BCUT2D eigenvalue weighted by molar-refractivity contribution is 9.10. The van der Waals surface area contributed by atoms with E-state index in [1.807, 2.05) is 13.0 Å². The van der Waals surface area contributed by atoms with Gasteiger partial charge in [-0.1, -0.05) is 21.1 Å². The quantitative estimate of drug-likeness (QED) is 0.878. The van der Waals surface area contributed by atoms with Crippen LogP contribution >= 0.6 is 15.9 Å². The van der Waals surface area contributed by atoms with Gasteiger partial charge >= 0.3 is 0 Å². The van der Waals surface area contributed by atoms with Gasteiger partial charge in [0.15, 0.2) is 11.6 Å². The molecule has 2 heterocycles. The van der Waals surface area contributed by atoms with Gasteiger partial charge in [-0.15, -0.1) is 0 Å². The third kappa shape index (κ3) is 1.80. The molecule has 0 radical (unpaired) electrons. The van der Waals surface area contributed by atoms with Crippen LogP contribution in [0.25, 0.3) is 11.3 Å². The van der Waals surface area contributed by atoms with Crippen molar-refractivity contribution in [1.29, 1.82) is 0 Å². The molecule has 1 atom stereocenters. The molecule has 1 unspecified atom stereocenters. The van der Waals surface area contributed by atoms with Gasteiger partial charge in [0.2, 0.25) is 0 Å². The number of nitrogen functional groups attached to an aromatic ring is 1. The van der Waals surface area contributed by atoms with Crippen molar-refractivity contribution in [2.24, 2.45) is 0 Å². The summed E-state index contributed by atoms with van der Waals surface area (Å²) in [6, 6.07) is 5.73. The van der Waals surface area contributed by atoms with E-state index in [9.17, 15) is 0 Å². The van der Waals surface area contributed by atoms with Crippen molar-refractivity contribution in [3.8, 4) is 17.1 Å². The van der Waals surface area contributed by atoms with Gasteiger partial charge in [-0.2, -0.15) is 0 Å². The molecule has 3 rings (SSSR count). The van der Waals surface area contributed by atoms with Crippen molar-refractivity contribution in [1.82, 2.24) is 5.16 Å². The van der Waals surface area contributed by atoms with Crippen molar-refractivity contribution in [3.63, 3.8) is 0 Å². The van der Waals surface area contributed by atoms with Crippen LogP contribution in [0.1, 0.15) is 12.5 Å². The Labute approximate surface area is 107 Å². The summed E-state index contributed by atoms with van der Waals surface area (Å²) in [5.41, 5.74) is 7.64. The number of ether oxygens (including phenoxy) is 1. The lowest BCUT2D eigenvalue weighted by atomic mass is 10.1. The number of fused-ring (bicyclic) bond motifs is 1. The maximum Gasteiger partial charge on any atom is 0.172 e. The summed E-state index contributed by atoms with van der Waals surface area (Å²) in [6.07, 6.45) is 1.10. The first-order chi connectivity index (χ1) is 8.13. The molecule has 0 saturated heterocycles.